The number of carbonyl (C=O) groups is 1. The summed E-state index contributed by atoms with van der Waals surface area (Å²) in [5.41, 5.74) is 1.44. The molecule has 0 spiro atoms. The second-order valence-corrected chi connectivity index (χ2v) is 4.97. The molecule has 2 aromatic rings. The van der Waals surface area contributed by atoms with Crippen molar-refractivity contribution in [2.75, 3.05) is 0 Å². The van der Waals surface area contributed by atoms with Crippen LogP contribution in [0.15, 0.2) is 58.5 Å². The van der Waals surface area contributed by atoms with Gasteiger partial charge in [0.05, 0.1) is 12.4 Å². The lowest BCUT2D eigenvalue weighted by molar-refractivity contribution is -0.127. The molecule has 0 bridgehead atoms. The number of rotatable bonds is 2. The molecular weight excluding hydrogens is 280 g/mol. The highest BCUT2D eigenvalue weighted by Crippen LogP contribution is 2.33. The topological polar surface area (TPSA) is 60.2 Å². The molecule has 0 aromatic heterocycles. The summed E-state index contributed by atoms with van der Waals surface area (Å²) in [7, 11) is 0. The molecule has 0 radical (unpaired) electrons. The van der Waals surface area contributed by atoms with Gasteiger partial charge < -0.3 is 9.47 Å². The van der Waals surface area contributed by atoms with Crippen molar-refractivity contribution in [2.24, 2.45) is 9.98 Å². The van der Waals surface area contributed by atoms with Gasteiger partial charge in [-0.3, -0.25) is 14.8 Å². The summed E-state index contributed by atoms with van der Waals surface area (Å²) >= 11 is 0. The van der Waals surface area contributed by atoms with Crippen LogP contribution in [0.4, 0.5) is 11.4 Å². The van der Waals surface area contributed by atoms with E-state index in [1.54, 1.807) is 12.1 Å². The van der Waals surface area contributed by atoms with E-state index in [0.29, 0.717) is 11.5 Å². The molecule has 0 N–H and O–H groups in total. The van der Waals surface area contributed by atoms with E-state index in [0.717, 1.165) is 11.4 Å². The third-order valence-corrected chi connectivity index (χ3v) is 3.50. The zero-order valence-electron chi connectivity index (χ0n) is 11.5. The van der Waals surface area contributed by atoms with Crippen LogP contribution in [0, 0.1) is 0 Å². The second kappa shape index (κ2) is 5.11. The minimum Gasteiger partial charge on any atom is -0.474 e. The Bertz CT molecular complexity index is 732. The minimum atomic E-state index is -0.767. The Morgan fingerprint density at radius 1 is 0.773 bits per heavy atom. The third-order valence-electron chi connectivity index (χ3n) is 3.50. The number of hydrogen-bond donors (Lipinski definition) is 0. The molecule has 0 saturated carbocycles. The molecule has 22 heavy (non-hydrogen) atoms. The van der Waals surface area contributed by atoms with Gasteiger partial charge in [0.2, 0.25) is 5.78 Å². The van der Waals surface area contributed by atoms with Crippen molar-refractivity contribution in [1.29, 1.82) is 0 Å². The highest BCUT2D eigenvalue weighted by molar-refractivity contribution is 6.10. The Labute approximate surface area is 126 Å². The SMILES string of the molecule is O=C(C1C=Nc2ccccc2O1)C1C=Nc2ccccc2O1. The minimum absolute atomic E-state index is 0.225. The summed E-state index contributed by atoms with van der Waals surface area (Å²) in [6.45, 7) is 0. The highest BCUT2D eigenvalue weighted by atomic mass is 16.5. The first-order chi connectivity index (χ1) is 10.8. The van der Waals surface area contributed by atoms with E-state index in [4.69, 9.17) is 9.47 Å². The Balaban J connectivity index is 1.55. The second-order valence-electron chi connectivity index (χ2n) is 4.97. The quantitative estimate of drug-likeness (QED) is 0.855. The fourth-order valence-electron chi connectivity index (χ4n) is 2.38. The van der Waals surface area contributed by atoms with Crippen molar-refractivity contribution >= 4 is 29.6 Å². The molecule has 2 heterocycles. The van der Waals surface area contributed by atoms with Gasteiger partial charge in [-0.05, 0) is 24.3 Å². The van der Waals surface area contributed by atoms with Crippen LogP contribution in [0.2, 0.25) is 0 Å². The van der Waals surface area contributed by atoms with Crippen molar-refractivity contribution in [3.8, 4) is 11.5 Å². The molecule has 108 valence electrons. The summed E-state index contributed by atoms with van der Waals surface area (Å²) in [6, 6.07) is 14.7. The van der Waals surface area contributed by atoms with Crippen molar-refractivity contribution in [1.82, 2.24) is 0 Å². The van der Waals surface area contributed by atoms with Gasteiger partial charge in [-0.25, -0.2) is 0 Å². The standard InChI is InChI=1S/C17H12N2O3/c20-17(15-9-18-11-5-1-3-7-13(11)21-15)16-10-19-12-6-2-4-8-14(12)22-16/h1-10,15-16H. The van der Waals surface area contributed by atoms with Crippen molar-refractivity contribution in [2.45, 2.75) is 12.2 Å². The zero-order valence-corrected chi connectivity index (χ0v) is 11.5. The van der Waals surface area contributed by atoms with Crippen LogP contribution in [0.25, 0.3) is 0 Å². The number of ketones is 1. The van der Waals surface area contributed by atoms with Gasteiger partial charge >= 0.3 is 0 Å². The number of Topliss-reactive ketones (excluding diaryl/α,β-unsaturated/α-hetero) is 1. The largest absolute Gasteiger partial charge is 0.474 e. The predicted octanol–water partition coefficient (Wildman–Crippen LogP) is 2.88. The average molecular weight is 292 g/mol. The smallest absolute Gasteiger partial charge is 0.224 e. The van der Waals surface area contributed by atoms with E-state index in [1.807, 2.05) is 36.4 Å². The maximum Gasteiger partial charge on any atom is 0.224 e. The van der Waals surface area contributed by atoms with E-state index in [-0.39, 0.29) is 5.78 Å². The molecule has 0 aliphatic carbocycles. The number of aliphatic imine (C=N–C) groups is 2. The first-order valence-corrected chi connectivity index (χ1v) is 6.95. The lowest BCUT2D eigenvalue weighted by Crippen LogP contribution is -2.42. The first kappa shape index (κ1) is 12.8. The van der Waals surface area contributed by atoms with Crippen LogP contribution in [0.3, 0.4) is 0 Å². The maximum absolute atomic E-state index is 12.5. The van der Waals surface area contributed by atoms with Crippen molar-refractivity contribution < 1.29 is 14.3 Å². The third kappa shape index (κ3) is 2.16. The average Bonchev–Trinajstić information content (AvgIpc) is 2.60. The summed E-state index contributed by atoms with van der Waals surface area (Å²) in [5.74, 6) is 0.963. The fraction of sp³-hybridized carbons (Fsp3) is 0.118. The molecule has 2 aliphatic heterocycles. The van der Waals surface area contributed by atoms with Gasteiger partial charge in [0.15, 0.2) is 12.2 Å². The summed E-state index contributed by atoms with van der Waals surface area (Å²) in [6.07, 6.45) is 1.47. The summed E-state index contributed by atoms with van der Waals surface area (Å²) < 4.78 is 11.4. The molecular formula is C17H12N2O3. The van der Waals surface area contributed by atoms with Gasteiger partial charge in [0, 0.05) is 0 Å². The molecule has 2 aliphatic rings. The van der Waals surface area contributed by atoms with Crippen LogP contribution in [0.1, 0.15) is 0 Å². The van der Waals surface area contributed by atoms with Gasteiger partial charge in [-0.1, -0.05) is 24.3 Å². The molecule has 0 saturated heterocycles. The number of fused-ring (bicyclic) bond motifs is 2. The Morgan fingerprint density at radius 2 is 1.23 bits per heavy atom. The molecule has 5 heteroatoms. The molecule has 4 rings (SSSR count). The Morgan fingerprint density at radius 3 is 1.73 bits per heavy atom. The molecule has 0 fully saturated rings. The van der Waals surface area contributed by atoms with E-state index < -0.39 is 12.2 Å². The molecule has 5 nitrogen and oxygen atoms in total. The van der Waals surface area contributed by atoms with Crippen LogP contribution < -0.4 is 9.47 Å². The Hall–Kier alpha value is -2.95. The summed E-state index contributed by atoms with van der Waals surface area (Å²) in [5, 5.41) is 0. The first-order valence-electron chi connectivity index (χ1n) is 6.95. The normalized spacial score (nSPS) is 21.3. The van der Waals surface area contributed by atoms with Gasteiger partial charge in [0.25, 0.3) is 0 Å². The van der Waals surface area contributed by atoms with E-state index in [9.17, 15) is 4.79 Å². The fourth-order valence-corrected chi connectivity index (χ4v) is 2.38. The lowest BCUT2D eigenvalue weighted by atomic mass is 10.1. The molecule has 2 atom stereocenters. The van der Waals surface area contributed by atoms with E-state index >= 15 is 0 Å². The number of carbonyl (C=O) groups excluding carboxylic acids is 1. The van der Waals surface area contributed by atoms with Crippen LogP contribution >= 0.6 is 0 Å². The zero-order chi connectivity index (χ0) is 14.9. The number of ether oxygens (including phenoxy) is 2. The monoisotopic (exact) mass is 292 g/mol. The van der Waals surface area contributed by atoms with Crippen LogP contribution in [-0.4, -0.2) is 30.4 Å². The molecule has 2 unspecified atom stereocenters. The lowest BCUT2D eigenvalue weighted by Gasteiger charge is -2.24. The van der Waals surface area contributed by atoms with Crippen molar-refractivity contribution in [3.63, 3.8) is 0 Å². The highest BCUT2D eigenvalue weighted by Gasteiger charge is 2.32. The number of nitrogens with zero attached hydrogens (tertiary/aromatic N) is 2. The van der Waals surface area contributed by atoms with E-state index in [2.05, 4.69) is 9.98 Å². The predicted molar refractivity (Wildman–Crippen MR) is 83.0 cm³/mol. The van der Waals surface area contributed by atoms with Crippen LogP contribution in [-0.2, 0) is 4.79 Å². The van der Waals surface area contributed by atoms with Crippen LogP contribution in [0.5, 0.6) is 11.5 Å². The Kier molecular flexibility index (Phi) is 2.96. The van der Waals surface area contributed by atoms with Gasteiger partial charge in [0.1, 0.15) is 22.9 Å². The molecule has 2 aromatic carbocycles. The van der Waals surface area contributed by atoms with E-state index in [1.165, 1.54) is 12.4 Å². The number of para-hydroxylation sites is 4. The van der Waals surface area contributed by atoms with Crippen molar-refractivity contribution in [3.05, 3.63) is 48.5 Å². The number of benzene rings is 2. The van der Waals surface area contributed by atoms with Gasteiger partial charge in [-0.15, -0.1) is 0 Å². The number of hydrogen-bond acceptors (Lipinski definition) is 5. The maximum atomic E-state index is 12.5. The van der Waals surface area contributed by atoms with Gasteiger partial charge in [-0.2, -0.15) is 0 Å². The summed E-state index contributed by atoms with van der Waals surface area (Å²) in [4.78, 5) is 21.1. The molecule has 0 amide bonds.